The molecule has 0 amide bonds. The van der Waals surface area contributed by atoms with Gasteiger partial charge in [0.25, 0.3) is 0 Å². The van der Waals surface area contributed by atoms with E-state index < -0.39 is 10.0 Å². The van der Waals surface area contributed by atoms with Crippen molar-refractivity contribution in [3.05, 3.63) is 29.8 Å². The predicted molar refractivity (Wildman–Crippen MR) is 74.1 cm³/mol. The highest BCUT2D eigenvalue weighted by Gasteiger charge is 2.15. The zero-order valence-corrected chi connectivity index (χ0v) is 12.2. The number of rotatable bonds is 6. The Hall–Kier alpha value is -1.42. The van der Waals surface area contributed by atoms with E-state index in [1.54, 1.807) is 12.1 Å². The van der Waals surface area contributed by atoms with Crippen LogP contribution in [0.3, 0.4) is 0 Å². The van der Waals surface area contributed by atoms with E-state index in [2.05, 4.69) is 4.72 Å². The molecule has 0 radical (unpaired) electrons. The lowest BCUT2D eigenvalue weighted by Gasteiger charge is -2.20. The van der Waals surface area contributed by atoms with Gasteiger partial charge in [0.1, 0.15) is 0 Å². The summed E-state index contributed by atoms with van der Waals surface area (Å²) in [5.41, 5.74) is 0.808. The van der Waals surface area contributed by atoms with Crippen LogP contribution in [-0.4, -0.2) is 40.0 Å². The Morgan fingerprint density at radius 1 is 1.32 bits per heavy atom. The van der Waals surface area contributed by atoms with Crippen molar-refractivity contribution in [2.24, 2.45) is 0 Å². The van der Waals surface area contributed by atoms with E-state index in [-0.39, 0.29) is 17.4 Å². The molecule has 19 heavy (non-hydrogen) atoms. The monoisotopic (exact) mass is 281 g/mol. The Morgan fingerprint density at radius 3 is 2.37 bits per heavy atom. The maximum absolute atomic E-state index is 12.0. The van der Waals surface area contributed by atoms with Crippen LogP contribution in [0.1, 0.15) is 12.5 Å². The number of nitriles is 1. The van der Waals surface area contributed by atoms with Gasteiger partial charge in [-0.2, -0.15) is 5.26 Å². The SMILES string of the molecule is CC(CNS(=O)(=O)c1ccc(CC#N)cc1)N(C)C. The minimum atomic E-state index is -3.48. The molecule has 104 valence electrons. The van der Waals surface area contributed by atoms with Gasteiger partial charge in [-0.05, 0) is 38.7 Å². The fraction of sp³-hybridized carbons (Fsp3) is 0.462. The van der Waals surface area contributed by atoms with Crippen LogP contribution in [0.4, 0.5) is 0 Å². The van der Waals surface area contributed by atoms with Crippen LogP contribution in [0, 0.1) is 11.3 Å². The number of likely N-dealkylation sites (N-methyl/N-ethyl adjacent to an activating group) is 1. The van der Waals surface area contributed by atoms with Gasteiger partial charge in [0.15, 0.2) is 0 Å². The van der Waals surface area contributed by atoms with E-state index in [4.69, 9.17) is 5.26 Å². The molecule has 0 bridgehead atoms. The first-order valence-electron chi connectivity index (χ1n) is 5.99. The number of benzene rings is 1. The van der Waals surface area contributed by atoms with Gasteiger partial charge in [0.05, 0.1) is 17.4 Å². The summed E-state index contributed by atoms with van der Waals surface area (Å²) in [6, 6.07) is 8.51. The fourth-order valence-electron chi connectivity index (χ4n) is 1.37. The van der Waals surface area contributed by atoms with Gasteiger partial charge in [-0.25, -0.2) is 13.1 Å². The zero-order chi connectivity index (χ0) is 14.5. The summed E-state index contributed by atoms with van der Waals surface area (Å²) < 4.78 is 26.6. The van der Waals surface area contributed by atoms with Crippen LogP contribution in [0.15, 0.2) is 29.2 Å². The minimum Gasteiger partial charge on any atom is -0.305 e. The van der Waals surface area contributed by atoms with Crippen molar-refractivity contribution in [2.75, 3.05) is 20.6 Å². The molecule has 0 aliphatic heterocycles. The first kappa shape index (κ1) is 15.6. The van der Waals surface area contributed by atoms with Gasteiger partial charge in [-0.1, -0.05) is 12.1 Å². The molecular weight excluding hydrogens is 262 g/mol. The van der Waals surface area contributed by atoms with Crippen molar-refractivity contribution in [3.63, 3.8) is 0 Å². The summed E-state index contributed by atoms with van der Waals surface area (Å²) >= 11 is 0. The number of sulfonamides is 1. The molecule has 0 saturated carbocycles. The first-order chi connectivity index (χ1) is 8.86. The molecule has 1 N–H and O–H groups in total. The standard InChI is InChI=1S/C13H19N3O2S/c1-11(16(2)3)10-15-19(17,18)13-6-4-12(5-7-13)8-9-14/h4-7,11,15H,8,10H2,1-3H3. The third kappa shape index (κ3) is 4.63. The van der Waals surface area contributed by atoms with E-state index in [9.17, 15) is 8.42 Å². The smallest absolute Gasteiger partial charge is 0.240 e. The van der Waals surface area contributed by atoms with Crippen molar-refractivity contribution in [3.8, 4) is 6.07 Å². The molecule has 0 aliphatic rings. The minimum absolute atomic E-state index is 0.118. The van der Waals surface area contributed by atoms with Crippen molar-refractivity contribution in [2.45, 2.75) is 24.3 Å². The largest absolute Gasteiger partial charge is 0.305 e. The first-order valence-corrected chi connectivity index (χ1v) is 7.47. The second-order valence-electron chi connectivity index (χ2n) is 4.64. The summed E-state index contributed by atoms with van der Waals surface area (Å²) in [5, 5.41) is 8.56. The van der Waals surface area contributed by atoms with Gasteiger partial charge < -0.3 is 4.90 Å². The van der Waals surface area contributed by atoms with Crippen LogP contribution < -0.4 is 4.72 Å². The lowest BCUT2D eigenvalue weighted by atomic mass is 10.2. The Balaban J connectivity index is 2.75. The number of nitrogens with zero attached hydrogens (tertiary/aromatic N) is 2. The lowest BCUT2D eigenvalue weighted by molar-refractivity contribution is 0.314. The molecule has 5 nitrogen and oxygen atoms in total. The van der Waals surface area contributed by atoms with Crippen LogP contribution in [0.2, 0.25) is 0 Å². The van der Waals surface area contributed by atoms with E-state index in [1.807, 2.05) is 32.0 Å². The highest BCUT2D eigenvalue weighted by atomic mass is 32.2. The van der Waals surface area contributed by atoms with Gasteiger partial charge in [-0.3, -0.25) is 0 Å². The summed E-state index contributed by atoms with van der Waals surface area (Å²) in [7, 11) is 0.317. The van der Waals surface area contributed by atoms with Crippen molar-refractivity contribution in [1.82, 2.24) is 9.62 Å². The lowest BCUT2D eigenvalue weighted by Crippen LogP contribution is -2.38. The van der Waals surface area contributed by atoms with E-state index in [0.717, 1.165) is 5.56 Å². The molecule has 1 aromatic carbocycles. The molecule has 1 atom stereocenters. The van der Waals surface area contributed by atoms with Crippen molar-refractivity contribution < 1.29 is 8.42 Å². The Kier molecular flexibility index (Phi) is 5.48. The quantitative estimate of drug-likeness (QED) is 0.843. The molecule has 0 aliphatic carbocycles. The molecule has 1 rings (SSSR count). The number of hydrogen-bond acceptors (Lipinski definition) is 4. The van der Waals surface area contributed by atoms with E-state index in [0.29, 0.717) is 6.54 Å². The third-order valence-corrected chi connectivity index (χ3v) is 4.41. The second kappa shape index (κ2) is 6.66. The number of nitrogens with one attached hydrogen (secondary N) is 1. The third-order valence-electron chi connectivity index (χ3n) is 2.97. The molecule has 0 aromatic heterocycles. The van der Waals surface area contributed by atoms with Gasteiger partial charge >= 0.3 is 0 Å². The second-order valence-corrected chi connectivity index (χ2v) is 6.41. The van der Waals surface area contributed by atoms with Crippen molar-refractivity contribution in [1.29, 1.82) is 5.26 Å². The average Bonchev–Trinajstić information content (AvgIpc) is 2.37. The molecule has 1 unspecified atom stereocenters. The molecule has 1 aromatic rings. The van der Waals surface area contributed by atoms with Gasteiger partial charge in [-0.15, -0.1) is 0 Å². The zero-order valence-electron chi connectivity index (χ0n) is 11.4. The van der Waals surface area contributed by atoms with Crippen LogP contribution >= 0.6 is 0 Å². The molecule has 0 saturated heterocycles. The highest BCUT2D eigenvalue weighted by Crippen LogP contribution is 2.11. The maximum atomic E-state index is 12.0. The molecule has 6 heteroatoms. The topological polar surface area (TPSA) is 73.2 Å². The van der Waals surface area contributed by atoms with E-state index >= 15 is 0 Å². The maximum Gasteiger partial charge on any atom is 0.240 e. The Bertz CT molecular complexity index is 544. The summed E-state index contributed by atoms with van der Waals surface area (Å²) in [6.07, 6.45) is 0.283. The Morgan fingerprint density at radius 2 is 1.89 bits per heavy atom. The summed E-state index contributed by atoms with van der Waals surface area (Å²) in [5.74, 6) is 0. The molecular formula is C13H19N3O2S. The molecule has 0 fully saturated rings. The van der Waals surface area contributed by atoms with Crippen molar-refractivity contribution >= 4 is 10.0 Å². The van der Waals surface area contributed by atoms with Crippen LogP contribution in [0.5, 0.6) is 0 Å². The average molecular weight is 281 g/mol. The fourth-order valence-corrected chi connectivity index (χ4v) is 2.50. The Labute approximate surface area is 114 Å². The molecule has 0 heterocycles. The van der Waals surface area contributed by atoms with Crippen LogP contribution in [0.25, 0.3) is 0 Å². The summed E-state index contributed by atoms with van der Waals surface area (Å²) in [6.45, 7) is 2.30. The van der Waals surface area contributed by atoms with E-state index in [1.165, 1.54) is 12.1 Å². The number of hydrogen-bond donors (Lipinski definition) is 1. The van der Waals surface area contributed by atoms with Gasteiger partial charge in [0.2, 0.25) is 10.0 Å². The summed E-state index contributed by atoms with van der Waals surface area (Å²) in [4.78, 5) is 2.17. The molecule has 0 spiro atoms. The predicted octanol–water partition coefficient (Wildman–Crippen LogP) is 0.981. The van der Waals surface area contributed by atoms with Crippen LogP contribution in [-0.2, 0) is 16.4 Å². The highest BCUT2D eigenvalue weighted by molar-refractivity contribution is 7.89. The normalized spacial score (nSPS) is 13.2. The van der Waals surface area contributed by atoms with Gasteiger partial charge in [0, 0.05) is 12.6 Å².